The van der Waals surface area contributed by atoms with Crippen LogP contribution in [0.1, 0.15) is 37.5 Å². The second-order valence-electron chi connectivity index (χ2n) is 7.16. The van der Waals surface area contributed by atoms with Crippen molar-refractivity contribution in [3.05, 3.63) is 65.2 Å². The fourth-order valence-corrected chi connectivity index (χ4v) is 2.89. The van der Waals surface area contributed by atoms with Crippen LogP contribution in [0.3, 0.4) is 0 Å². The molecule has 1 atom stereocenters. The Morgan fingerprint density at radius 1 is 1.08 bits per heavy atom. The van der Waals surface area contributed by atoms with Gasteiger partial charge in [0.25, 0.3) is 5.91 Å². The molecule has 130 valence electrons. The first kappa shape index (κ1) is 17.1. The number of anilines is 1. The van der Waals surface area contributed by atoms with Gasteiger partial charge in [-0.25, -0.2) is 14.1 Å². The van der Waals surface area contributed by atoms with Crippen LogP contribution in [0.25, 0.3) is 0 Å². The largest absolute Gasteiger partial charge is 0.443 e. The topological polar surface area (TPSA) is 46.6 Å². The van der Waals surface area contributed by atoms with Gasteiger partial charge in [-0.2, -0.15) is 0 Å². The molecule has 0 saturated heterocycles. The predicted octanol–water partition coefficient (Wildman–Crippen LogP) is 4.49. The first-order chi connectivity index (χ1) is 11.6. The Bertz CT molecular complexity index is 839. The van der Waals surface area contributed by atoms with Gasteiger partial charge >= 0.3 is 6.09 Å². The van der Waals surface area contributed by atoms with Crippen molar-refractivity contribution in [2.75, 3.05) is 4.90 Å². The highest BCUT2D eigenvalue weighted by atomic mass is 19.1. The van der Waals surface area contributed by atoms with E-state index in [1.807, 2.05) is 6.92 Å². The quantitative estimate of drug-likeness (QED) is 0.768. The van der Waals surface area contributed by atoms with Crippen LogP contribution in [0.5, 0.6) is 0 Å². The second-order valence-corrected chi connectivity index (χ2v) is 7.16. The number of carbonyl (C=O) groups excluding carboxylic acids is 2. The Balaban J connectivity index is 2.12. The first-order valence-corrected chi connectivity index (χ1v) is 8.08. The molecule has 25 heavy (non-hydrogen) atoms. The maximum atomic E-state index is 16.0. The average Bonchev–Trinajstić information content (AvgIpc) is 2.76. The average molecular weight is 341 g/mol. The zero-order valence-electron chi connectivity index (χ0n) is 14.7. The molecule has 0 saturated carbocycles. The molecule has 2 aromatic rings. The number of fused-ring (bicyclic) bond motifs is 1. The maximum Gasteiger partial charge on any atom is 0.421 e. The number of nitrogens with zero attached hydrogens (tertiary/aromatic N) is 1. The number of aryl methyl sites for hydroxylation is 1. The molecule has 4 nitrogen and oxygen atoms in total. The summed E-state index contributed by atoms with van der Waals surface area (Å²) in [4.78, 5) is 26.3. The van der Waals surface area contributed by atoms with E-state index in [9.17, 15) is 9.59 Å². The van der Waals surface area contributed by atoms with E-state index in [1.165, 1.54) is 6.07 Å². The normalized spacial score (nSPS) is 19.7. The van der Waals surface area contributed by atoms with Crippen LogP contribution in [-0.2, 0) is 15.2 Å². The van der Waals surface area contributed by atoms with Crippen molar-refractivity contribution < 1.29 is 18.7 Å². The number of alkyl halides is 1. The van der Waals surface area contributed by atoms with E-state index in [2.05, 4.69) is 0 Å². The standard InChI is InChI=1S/C20H20FNO3/c1-13-9-11-14(12-10-13)20(21)15-7-5-6-8-16(15)22(17(20)23)18(24)25-19(2,3)4/h5-12H,1-4H3/t20-/m0/s1. The molecule has 0 aliphatic carbocycles. The maximum absolute atomic E-state index is 16.0. The number of carbonyl (C=O) groups is 2. The van der Waals surface area contributed by atoms with Crippen LogP contribution in [0.4, 0.5) is 14.9 Å². The van der Waals surface area contributed by atoms with Crippen LogP contribution in [0.2, 0.25) is 0 Å². The molecule has 2 aromatic carbocycles. The summed E-state index contributed by atoms with van der Waals surface area (Å²) in [6, 6.07) is 13.0. The van der Waals surface area contributed by atoms with Gasteiger partial charge in [-0.05, 0) is 33.8 Å². The Morgan fingerprint density at radius 2 is 1.68 bits per heavy atom. The van der Waals surface area contributed by atoms with Gasteiger partial charge in [0.05, 0.1) is 5.69 Å². The van der Waals surface area contributed by atoms with Crippen LogP contribution < -0.4 is 4.90 Å². The summed E-state index contributed by atoms with van der Waals surface area (Å²) >= 11 is 0. The van der Waals surface area contributed by atoms with E-state index in [4.69, 9.17) is 4.74 Å². The predicted molar refractivity (Wildman–Crippen MR) is 93.2 cm³/mol. The van der Waals surface area contributed by atoms with E-state index in [0.717, 1.165) is 10.5 Å². The molecule has 0 fully saturated rings. The van der Waals surface area contributed by atoms with E-state index >= 15 is 4.39 Å². The number of ether oxygens (including phenoxy) is 1. The summed E-state index contributed by atoms with van der Waals surface area (Å²) in [5.74, 6) is -0.952. The lowest BCUT2D eigenvalue weighted by atomic mass is 9.89. The van der Waals surface area contributed by atoms with E-state index < -0.39 is 23.3 Å². The van der Waals surface area contributed by atoms with E-state index in [1.54, 1.807) is 63.2 Å². The lowest BCUT2D eigenvalue weighted by Gasteiger charge is -2.24. The zero-order valence-corrected chi connectivity index (χ0v) is 14.7. The first-order valence-electron chi connectivity index (χ1n) is 8.08. The molecule has 1 aliphatic rings. The summed E-state index contributed by atoms with van der Waals surface area (Å²) in [7, 11) is 0. The van der Waals surface area contributed by atoms with Crippen LogP contribution >= 0.6 is 0 Å². The summed E-state index contributed by atoms with van der Waals surface area (Å²) in [6.45, 7) is 6.96. The summed E-state index contributed by atoms with van der Waals surface area (Å²) in [6.07, 6.45) is -0.878. The molecular weight excluding hydrogens is 321 g/mol. The molecule has 0 unspecified atom stereocenters. The number of hydrogen-bond donors (Lipinski definition) is 0. The molecule has 5 heteroatoms. The van der Waals surface area contributed by atoms with Crippen LogP contribution in [0, 0.1) is 6.92 Å². The highest BCUT2D eigenvalue weighted by molar-refractivity contribution is 6.21. The van der Waals surface area contributed by atoms with Gasteiger partial charge in [0, 0.05) is 11.1 Å². The van der Waals surface area contributed by atoms with Crippen molar-refractivity contribution in [3.8, 4) is 0 Å². The van der Waals surface area contributed by atoms with Gasteiger partial charge in [0.1, 0.15) is 5.60 Å². The molecule has 0 bridgehead atoms. The molecular formula is C20H20FNO3. The molecule has 0 aromatic heterocycles. The molecule has 1 aliphatic heterocycles. The minimum absolute atomic E-state index is 0.148. The molecule has 0 spiro atoms. The fourth-order valence-electron chi connectivity index (χ4n) is 2.89. The number of imide groups is 1. The molecule has 0 N–H and O–H groups in total. The van der Waals surface area contributed by atoms with Crippen molar-refractivity contribution in [3.63, 3.8) is 0 Å². The van der Waals surface area contributed by atoms with Crippen molar-refractivity contribution >= 4 is 17.7 Å². The third kappa shape index (κ3) is 2.80. The number of benzene rings is 2. The zero-order chi connectivity index (χ0) is 18.4. The Kier molecular flexibility index (Phi) is 3.90. The summed E-state index contributed by atoms with van der Waals surface area (Å²) in [5, 5.41) is 0. The van der Waals surface area contributed by atoms with Gasteiger partial charge < -0.3 is 4.74 Å². The monoisotopic (exact) mass is 341 g/mol. The summed E-state index contributed by atoms with van der Waals surface area (Å²) in [5.41, 5.74) is -1.70. The van der Waals surface area contributed by atoms with E-state index in [-0.39, 0.29) is 16.8 Å². The SMILES string of the molecule is Cc1ccc([C@@]2(F)C(=O)N(C(=O)OC(C)(C)C)c3ccccc32)cc1. The van der Waals surface area contributed by atoms with Gasteiger partial charge in [-0.3, -0.25) is 4.79 Å². The highest BCUT2D eigenvalue weighted by Gasteiger charge is 2.55. The number of hydrogen-bond acceptors (Lipinski definition) is 3. The molecule has 2 amide bonds. The van der Waals surface area contributed by atoms with Gasteiger partial charge in [-0.15, -0.1) is 0 Å². The smallest absolute Gasteiger partial charge is 0.421 e. The number of para-hydroxylation sites is 1. The van der Waals surface area contributed by atoms with Crippen molar-refractivity contribution in [1.29, 1.82) is 0 Å². The van der Waals surface area contributed by atoms with Gasteiger partial charge in [0.15, 0.2) is 0 Å². The van der Waals surface area contributed by atoms with Crippen molar-refractivity contribution in [2.45, 2.75) is 39.0 Å². The minimum Gasteiger partial charge on any atom is -0.443 e. The van der Waals surface area contributed by atoms with Gasteiger partial charge in [-0.1, -0.05) is 48.0 Å². The Labute approximate surface area is 146 Å². The van der Waals surface area contributed by atoms with Crippen molar-refractivity contribution in [1.82, 2.24) is 0 Å². The number of amides is 2. The lowest BCUT2D eigenvalue weighted by Crippen LogP contribution is -2.44. The van der Waals surface area contributed by atoms with E-state index in [0.29, 0.717) is 0 Å². The third-order valence-corrected chi connectivity index (χ3v) is 4.04. The number of rotatable bonds is 1. The van der Waals surface area contributed by atoms with Crippen LogP contribution in [-0.4, -0.2) is 17.6 Å². The second kappa shape index (κ2) is 5.69. The molecule has 1 heterocycles. The Hall–Kier alpha value is -2.69. The molecule has 3 rings (SSSR count). The van der Waals surface area contributed by atoms with Gasteiger partial charge in [0.2, 0.25) is 5.67 Å². The summed E-state index contributed by atoms with van der Waals surface area (Å²) < 4.78 is 21.3. The molecule has 0 radical (unpaired) electrons. The fraction of sp³-hybridized carbons (Fsp3) is 0.300. The third-order valence-electron chi connectivity index (χ3n) is 4.04. The lowest BCUT2D eigenvalue weighted by molar-refractivity contribution is -0.126. The highest BCUT2D eigenvalue weighted by Crippen LogP contribution is 2.47. The van der Waals surface area contributed by atoms with Crippen LogP contribution in [0.15, 0.2) is 48.5 Å². The minimum atomic E-state index is -2.42. The Morgan fingerprint density at radius 3 is 2.28 bits per heavy atom. The van der Waals surface area contributed by atoms with Crippen molar-refractivity contribution in [2.24, 2.45) is 0 Å². The number of halogens is 1.